The number of amides is 2. The summed E-state index contributed by atoms with van der Waals surface area (Å²) in [6.45, 7) is 4.47. The maximum absolute atomic E-state index is 12.8. The third kappa shape index (κ3) is 5.09. The van der Waals surface area contributed by atoms with E-state index in [1.807, 2.05) is 53.1 Å². The van der Waals surface area contributed by atoms with Crippen molar-refractivity contribution in [1.82, 2.24) is 9.80 Å². The summed E-state index contributed by atoms with van der Waals surface area (Å²) >= 11 is 2.24. The highest BCUT2D eigenvalue weighted by Crippen LogP contribution is 2.19. The van der Waals surface area contributed by atoms with Gasteiger partial charge in [0, 0.05) is 36.2 Å². The van der Waals surface area contributed by atoms with Crippen LogP contribution in [0.15, 0.2) is 48.5 Å². The lowest BCUT2D eigenvalue weighted by atomic mass is 10.1. The van der Waals surface area contributed by atoms with Crippen LogP contribution in [0.2, 0.25) is 0 Å². The minimum Gasteiger partial charge on any atom is -0.339 e. The number of benzene rings is 2. The number of carbonyl (C=O) groups is 2. The number of hydrogen-bond acceptors (Lipinski definition) is 2. The van der Waals surface area contributed by atoms with Gasteiger partial charge in [-0.15, -0.1) is 0 Å². The molecule has 0 atom stereocenters. The van der Waals surface area contributed by atoms with Gasteiger partial charge < -0.3 is 9.80 Å². The standard InChI is InChI=1S/C22H25IN2O2/c1-17-7-5-11-19(21(17)23)22(27)25-15-13-24(14-16-25)20(26)12-6-10-18-8-3-2-4-9-18/h2-5,7-9,11H,6,10,12-16H2,1H3. The summed E-state index contributed by atoms with van der Waals surface area (Å²) in [4.78, 5) is 29.0. The Morgan fingerprint density at radius 2 is 1.59 bits per heavy atom. The first-order valence-electron chi connectivity index (χ1n) is 9.42. The molecule has 0 aromatic heterocycles. The second kappa shape index (κ2) is 9.35. The molecule has 0 unspecified atom stereocenters. The molecule has 1 saturated heterocycles. The summed E-state index contributed by atoms with van der Waals surface area (Å²) in [7, 11) is 0. The second-order valence-corrected chi connectivity index (χ2v) is 8.03. The zero-order valence-electron chi connectivity index (χ0n) is 15.7. The molecule has 27 heavy (non-hydrogen) atoms. The van der Waals surface area contributed by atoms with Crippen molar-refractivity contribution in [2.24, 2.45) is 0 Å². The molecule has 0 spiro atoms. The smallest absolute Gasteiger partial charge is 0.255 e. The SMILES string of the molecule is Cc1cccc(C(=O)N2CCN(C(=O)CCCc3ccccc3)CC2)c1I. The van der Waals surface area contributed by atoms with E-state index in [9.17, 15) is 9.59 Å². The Hall–Kier alpha value is -1.89. The zero-order chi connectivity index (χ0) is 19.2. The van der Waals surface area contributed by atoms with Crippen LogP contribution in [0.25, 0.3) is 0 Å². The van der Waals surface area contributed by atoms with E-state index in [0.717, 1.165) is 27.5 Å². The average molecular weight is 476 g/mol. The Labute approximate surface area is 174 Å². The molecule has 2 amide bonds. The van der Waals surface area contributed by atoms with E-state index in [0.29, 0.717) is 32.6 Å². The molecule has 5 heteroatoms. The highest BCUT2D eigenvalue weighted by molar-refractivity contribution is 14.1. The van der Waals surface area contributed by atoms with E-state index in [2.05, 4.69) is 34.7 Å². The van der Waals surface area contributed by atoms with E-state index in [1.54, 1.807) is 0 Å². The molecule has 3 rings (SSSR count). The minimum atomic E-state index is 0.0688. The van der Waals surface area contributed by atoms with Crippen molar-refractivity contribution < 1.29 is 9.59 Å². The molecule has 4 nitrogen and oxygen atoms in total. The molecule has 0 N–H and O–H groups in total. The predicted molar refractivity (Wildman–Crippen MR) is 116 cm³/mol. The van der Waals surface area contributed by atoms with Crippen LogP contribution in [0.1, 0.15) is 34.3 Å². The fourth-order valence-corrected chi connectivity index (χ4v) is 3.98. The van der Waals surface area contributed by atoms with Gasteiger partial charge in [0.25, 0.3) is 5.91 Å². The van der Waals surface area contributed by atoms with Crippen LogP contribution in [0.3, 0.4) is 0 Å². The van der Waals surface area contributed by atoms with Gasteiger partial charge in [-0.25, -0.2) is 0 Å². The molecule has 0 radical (unpaired) electrons. The van der Waals surface area contributed by atoms with Crippen molar-refractivity contribution in [2.45, 2.75) is 26.2 Å². The van der Waals surface area contributed by atoms with Gasteiger partial charge >= 0.3 is 0 Å². The lowest BCUT2D eigenvalue weighted by Gasteiger charge is -2.35. The highest BCUT2D eigenvalue weighted by Gasteiger charge is 2.25. The normalized spacial score (nSPS) is 14.3. The van der Waals surface area contributed by atoms with E-state index in [4.69, 9.17) is 0 Å². The fraction of sp³-hybridized carbons (Fsp3) is 0.364. The maximum atomic E-state index is 12.8. The minimum absolute atomic E-state index is 0.0688. The number of carbonyl (C=O) groups excluding carboxylic acids is 2. The van der Waals surface area contributed by atoms with Crippen LogP contribution in [0.4, 0.5) is 0 Å². The van der Waals surface area contributed by atoms with Gasteiger partial charge in [-0.05, 0) is 59.5 Å². The Morgan fingerprint density at radius 3 is 2.30 bits per heavy atom. The van der Waals surface area contributed by atoms with E-state index < -0.39 is 0 Å². The van der Waals surface area contributed by atoms with Crippen molar-refractivity contribution in [3.05, 3.63) is 68.8 Å². The molecular weight excluding hydrogens is 451 g/mol. The van der Waals surface area contributed by atoms with Gasteiger partial charge in [0.2, 0.25) is 5.91 Å². The first kappa shape index (κ1) is 19.9. The topological polar surface area (TPSA) is 40.6 Å². The van der Waals surface area contributed by atoms with Crippen molar-refractivity contribution in [2.75, 3.05) is 26.2 Å². The molecule has 2 aromatic rings. The van der Waals surface area contributed by atoms with Crippen LogP contribution in [0, 0.1) is 10.5 Å². The molecule has 1 heterocycles. The molecule has 2 aromatic carbocycles. The molecule has 0 saturated carbocycles. The van der Waals surface area contributed by atoms with Gasteiger partial charge in [-0.1, -0.05) is 42.5 Å². The van der Waals surface area contributed by atoms with Crippen LogP contribution < -0.4 is 0 Å². The zero-order valence-corrected chi connectivity index (χ0v) is 17.8. The van der Waals surface area contributed by atoms with Crippen molar-refractivity contribution in [3.8, 4) is 0 Å². The quantitative estimate of drug-likeness (QED) is 0.615. The molecule has 0 bridgehead atoms. The van der Waals surface area contributed by atoms with Crippen LogP contribution in [-0.2, 0) is 11.2 Å². The lowest BCUT2D eigenvalue weighted by molar-refractivity contribution is -0.132. The van der Waals surface area contributed by atoms with Crippen molar-refractivity contribution in [3.63, 3.8) is 0 Å². The summed E-state index contributed by atoms with van der Waals surface area (Å²) in [5, 5.41) is 0. The van der Waals surface area contributed by atoms with Crippen LogP contribution >= 0.6 is 22.6 Å². The van der Waals surface area contributed by atoms with Crippen molar-refractivity contribution in [1.29, 1.82) is 0 Å². The fourth-order valence-electron chi connectivity index (χ4n) is 3.39. The molecule has 1 aliphatic rings. The van der Waals surface area contributed by atoms with E-state index in [1.165, 1.54) is 5.56 Å². The van der Waals surface area contributed by atoms with E-state index in [-0.39, 0.29) is 11.8 Å². The van der Waals surface area contributed by atoms with Crippen molar-refractivity contribution >= 4 is 34.4 Å². The first-order valence-corrected chi connectivity index (χ1v) is 10.5. The Bertz CT molecular complexity index is 799. The number of aryl methyl sites for hydroxylation is 2. The Balaban J connectivity index is 1.47. The first-order chi connectivity index (χ1) is 13.1. The third-order valence-electron chi connectivity index (χ3n) is 5.04. The second-order valence-electron chi connectivity index (χ2n) is 6.95. The Kier molecular flexibility index (Phi) is 6.88. The highest BCUT2D eigenvalue weighted by atomic mass is 127. The van der Waals surface area contributed by atoms with Crippen LogP contribution in [-0.4, -0.2) is 47.8 Å². The number of hydrogen-bond donors (Lipinski definition) is 0. The Morgan fingerprint density at radius 1 is 0.926 bits per heavy atom. The van der Waals surface area contributed by atoms with Gasteiger partial charge in [0.1, 0.15) is 0 Å². The predicted octanol–water partition coefficient (Wildman–Crippen LogP) is 3.91. The van der Waals surface area contributed by atoms with Gasteiger partial charge in [0.15, 0.2) is 0 Å². The van der Waals surface area contributed by atoms with Gasteiger partial charge in [-0.3, -0.25) is 9.59 Å². The molecule has 0 aliphatic carbocycles. The molecule has 1 fully saturated rings. The third-order valence-corrected chi connectivity index (χ3v) is 6.47. The van der Waals surface area contributed by atoms with E-state index >= 15 is 0 Å². The monoisotopic (exact) mass is 476 g/mol. The van der Waals surface area contributed by atoms with Crippen LogP contribution in [0.5, 0.6) is 0 Å². The average Bonchev–Trinajstić information content (AvgIpc) is 2.70. The number of nitrogens with zero attached hydrogens (tertiary/aromatic N) is 2. The largest absolute Gasteiger partial charge is 0.339 e. The summed E-state index contributed by atoms with van der Waals surface area (Å²) in [6, 6.07) is 16.1. The maximum Gasteiger partial charge on any atom is 0.255 e. The number of halogens is 1. The molecule has 1 aliphatic heterocycles. The summed E-state index contributed by atoms with van der Waals surface area (Å²) in [5.74, 6) is 0.266. The number of rotatable bonds is 5. The summed E-state index contributed by atoms with van der Waals surface area (Å²) in [6.07, 6.45) is 2.36. The lowest BCUT2D eigenvalue weighted by Crippen LogP contribution is -2.50. The summed E-state index contributed by atoms with van der Waals surface area (Å²) in [5.41, 5.74) is 3.15. The van der Waals surface area contributed by atoms with Gasteiger partial charge in [-0.2, -0.15) is 0 Å². The molecular formula is C22H25IN2O2. The van der Waals surface area contributed by atoms with Gasteiger partial charge in [0.05, 0.1) is 5.56 Å². The number of piperazine rings is 1. The summed E-state index contributed by atoms with van der Waals surface area (Å²) < 4.78 is 1.01. The molecule has 142 valence electrons.